The lowest BCUT2D eigenvalue weighted by Crippen LogP contribution is -2.30. The standard InChI is InChI=1S/C34H71NO/c1-6-9-12-15-18-21-24-27-30-33(31-28-25-22-19-16-13-10-7-2)34(36-35(4)5)32-29-26-23-20-17-14-11-8-3/h33-34H,6-32H2,1-5H3. The molecule has 0 aromatic rings. The van der Waals surface area contributed by atoms with Crippen LogP contribution >= 0.6 is 0 Å². The molecule has 0 bridgehead atoms. The fraction of sp³-hybridized carbons (Fsp3) is 1.00. The van der Waals surface area contributed by atoms with E-state index >= 15 is 0 Å². The third kappa shape index (κ3) is 25.6. The van der Waals surface area contributed by atoms with Crippen molar-refractivity contribution in [3.05, 3.63) is 0 Å². The van der Waals surface area contributed by atoms with Gasteiger partial charge >= 0.3 is 0 Å². The summed E-state index contributed by atoms with van der Waals surface area (Å²) in [5, 5.41) is 1.99. The third-order valence-corrected chi connectivity index (χ3v) is 8.07. The molecule has 0 aliphatic heterocycles. The second-order valence-corrected chi connectivity index (χ2v) is 12.0. The fourth-order valence-electron chi connectivity index (χ4n) is 5.72. The lowest BCUT2D eigenvalue weighted by atomic mass is 9.87. The Balaban J connectivity index is 4.48. The molecule has 2 heteroatoms. The van der Waals surface area contributed by atoms with Gasteiger partial charge in [-0.05, 0) is 25.2 Å². The zero-order valence-electron chi connectivity index (χ0n) is 26.1. The van der Waals surface area contributed by atoms with Crippen molar-refractivity contribution in [2.75, 3.05) is 14.1 Å². The van der Waals surface area contributed by atoms with Crippen molar-refractivity contribution in [2.24, 2.45) is 5.92 Å². The predicted molar refractivity (Wildman–Crippen MR) is 164 cm³/mol. The molecular formula is C34H71NO. The molecule has 2 nitrogen and oxygen atoms in total. The molecular weight excluding hydrogens is 438 g/mol. The Labute approximate surface area is 230 Å². The first kappa shape index (κ1) is 35.9. The third-order valence-electron chi connectivity index (χ3n) is 8.07. The summed E-state index contributed by atoms with van der Waals surface area (Å²) in [6.45, 7) is 6.93. The summed E-state index contributed by atoms with van der Waals surface area (Å²) in [7, 11) is 4.18. The van der Waals surface area contributed by atoms with E-state index in [9.17, 15) is 0 Å². The first-order valence-corrected chi connectivity index (χ1v) is 17.0. The lowest BCUT2D eigenvalue weighted by Gasteiger charge is -2.30. The van der Waals surface area contributed by atoms with Crippen LogP contribution in [0.1, 0.15) is 194 Å². The van der Waals surface area contributed by atoms with Gasteiger partial charge in [0.25, 0.3) is 0 Å². The Bertz CT molecular complexity index is 377. The largest absolute Gasteiger partial charge is 0.296 e. The van der Waals surface area contributed by atoms with Gasteiger partial charge < -0.3 is 0 Å². The molecule has 0 amide bonds. The van der Waals surface area contributed by atoms with E-state index in [1.807, 2.05) is 5.06 Å². The summed E-state index contributed by atoms with van der Waals surface area (Å²) in [6.07, 6.45) is 38.4. The molecule has 1 atom stereocenters. The van der Waals surface area contributed by atoms with Gasteiger partial charge in [0.2, 0.25) is 0 Å². The van der Waals surface area contributed by atoms with E-state index in [0.29, 0.717) is 6.10 Å². The molecule has 1 unspecified atom stereocenters. The Morgan fingerprint density at radius 2 is 0.667 bits per heavy atom. The van der Waals surface area contributed by atoms with Crippen LogP contribution < -0.4 is 0 Å². The van der Waals surface area contributed by atoms with Crippen molar-refractivity contribution in [3.63, 3.8) is 0 Å². The molecule has 0 aliphatic rings. The molecule has 0 aromatic heterocycles. The maximum atomic E-state index is 6.45. The summed E-state index contributed by atoms with van der Waals surface area (Å²) >= 11 is 0. The van der Waals surface area contributed by atoms with E-state index in [2.05, 4.69) is 34.9 Å². The summed E-state index contributed by atoms with van der Waals surface area (Å²) in [5.41, 5.74) is 0. The summed E-state index contributed by atoms with van der Waals surface area (Å²) < 4.78 is 0. The predicted octanol–water partition coefficient (Wildman–Crippen LogP) is 12.1. The van der Waals surface area contributed by atoms with Crippen molar-refractivity contribution >= 4 is 0 Å². The van der Waals surface area contributed by atoms with Crippen LogP contribution in [-0.4, -0.2) is 25.3 Å². The van der Waals surface area contributed by atoms with Crippen LogP contribution in [0.5, 0.6) is 0 Å². The zero-order valence-corrected chi connectivity index (χ0v) is 26.1. The van der Waals surface area contributed by atoms with Crippen LogP contribution in [0.15, 0.2) is 0 Å². The van der Waals surface area contributed by atoms with Gasteiger partial charge in [-0.15, -0.1) is 0 Å². The molecule has 0 saturated heterocycles. The molecule has 0 rings (SSSR count). The van der Waals surface area contributed by atoms with E-state index in [4.69, 9.17) is 4.84 Å². The van der Waals surface area contributed by atoms with Crippen molar-refractivity contribution in [1.29, 1.82) is 0 Å². The molecule has 0 heterocycles. The Kier molecular flexibility index (Phi) is 29.4. The number of hydrogen-bond donors (Lipinski definition) is 0. The molecule has 218 valence electrons. The van der Waals surface area contributed by atoms with Crippen molar-refractivity contribution in [3.8, 4) is 0 Å². The van der Waals surface area contributed by atoms with E-state index in [0.717, 1.165) is 5.92 Å². The summed E-state index contributed by atoms with van der Waals surface area (Å²) in [4.78, 5) is 6.45. The van der Waals surface area contributed by atoms with Crippen molar-refractivity contribution in [1.82, 2.24) is 5.06 Å². The molecule has 0 spiro atoms. The van der Waals surface area contributed by atoms with E-state index in [-0.39, 0.29) is 0 Å². The smallest absolute Gasteiger partial charge is 0.0821 e. The highest BCUT2D eigenvalue weighted by Gasteiger charge is 2.23. The second kappa shape index (κ2) is 29.5. The van der Waals surface area contributed by atoms with Gasteiger partial charge in [-0.2, -0.15) is 5.06 Å². The van der Waals surface area contributed by atoms with Crippen LogP contribution in [0.25, 0.3) is 0 Å². The topological polar surface area (TPSA) is 12.5 Å². The zero-order chi connectivity index (χ0) is 26.5. The van der Waals surface area contributed by atoms with Crippen LogP contribution in [0.2, 0.25) is 0 Å². The van der Waals surface area contributed by atoms with Gasteiger partial charge in [0, 0.05) is 14.1 Å². The first-order chi connectivity index (χ1) is 17.7. The lowest BCUT2D eigenvalue weighted by molar-refractivity contribution is -0.186. The average molecular weight is 510 g/mol. The monoisotopic (exact) mass is 510 g/mol. The van der Waals surface area contributed by atoms with Gasteiger partial charge in [0.15, 0.2) is 0 Å². The van der Waals surface area contributed by atoms with Crippen LogP contribution in [0.3, 0.4) is 0 Å². The molecule has 0 radical (unpaired) electrons. The Hall–Kier alpha value is -0.0800. The van der Waals surface area contributed by atoms with Gasteiger partial charge in [-0.25, -0.2) is 0 Å². The minimum atomic E-state index is 0.425. The second-order valence-electron chi connectivity index (χ2n) is 12.0. The SMILES string of the molecule is CCCCCCCCCCC(CCCCCCCCCC)C(CCCCCCCCCC)ON(C)C. The highest BCUT2D eigenvalue weighted by molar-refractivity contribution is 4.72. The van der Waals surface area contributed by atoms with Gasteiger partial charge in [-0.1, -0.05) is 175 Å². The highest BCUT2D eigenvalue weighted by atomic mass is 16.7. The molecule has 0 saturated carbocycles. The van der Waals surface area contributed by atoms with Gasteiger partial charge in [-0.3, -0.25) is 4.84 Å². The van der Waals surface area contributed by atoms with Crippen molar-refractivity contribution < 1.29 is 4.84 Å². The average Bonchev–Trinajstić information content (AvgIpc) is 2.86. The van der Waals surface area contributed by atoms with Crippen LogP contribution in [0, 0.1) is 5.92 Å². The molecule has 36 heavy (non-hydrogen) atoms. The summed E-state index contributed by atoms with van der Waals surface area (Å²) in [6, 6.07) is 0. The van der Waals surface area contributed by atoms with Crippen molar-refractivity contribution in [2.45, 2.75) is 200 Å². The maximum Gasteiger partial charge on any atom is 0.0821 e. The van der Waals surface area contributed by atoms with Gasteiger partial charge in [0.1, 0.15) is 0 Å². The number of rotatable bonds is 30. The van der Waals surface area contributed by atoms with Crippen LogP contribution in [-0.2, 0) is 4.84 Å². The normalized spacial score (nSPS) is 12.8. The number of hydrogen-bond acceptors (Lipinski definition) is 2. The molecule has 0 N–H and O–H groups in total. The highest BCUT2D eigenvalue weighted by Crippen LogP contribution is 2.28. The Morgan fingerprint density at radius 1 is 0.389 bits per heavy atom. The number of unbranched alkanes of at least 4 members (excludes halogenated alkanes) is 21. The van der Waals surface area contributed by atoms with E-state index in [1.165, 1.54) is 173 Å². The minimum absolute atomic E-state index is 0.425. The quantitative estimate of drug-likeness (QED) is 0.0705. The number of nitrogens with zero attached hydrogens (tertiary/aromatic N) is 1. The Morgan fingerprint density at radius 3 is 0.972 bits per heavy atom. The van der Waals surface area contributed by atoms with E-state index < -0.39 is 0 Å². The molecule has 0 aliphatic carbocycles. The van der Waals surface area contributed by atoms with Crippen LogP contribution in [0.4, 0.5) is 0 Å². The molecule has 0 aromatic carbocycles. The maximum absolute atomic E-state index is 6.45. The summed E-state index contributed by atoms with van der Waals surface area (Å²) in [5.74, 6) is 0.747. The fourth-order valence-corrected chi connectivity index (χ4v) is 5.72. The van der Waals surface area contributed by atoms with E-state index in [1.54, 1.807) is 0 Å². The first-order valence-electron chi connectivity index (χ1n) is 17.0. The minimum Gasteiger partial charge on any atom is -0.296 e. The molecule has 0 fully saturated rings. The number of hydroxylamine groups is 2. The van der Waals surface area contributed by atoms with Gasteiger partial charge in [0.05, 0.1) is 6.10 Å².